The highest BCUT2D eigenvalue weighted by Gasteiger charge is 1.97. The summed E-state index contributed by atoms with van der Waals surface area (Å²) in [6, 6.07) is 15.0. The lowest BCUT2D eigenvalue weighted by Gasteiger charge is -1.99. The second kappa shape index (κ2) is 7.93. The first-order valence-electron chi connectivity index (χ1n) is 5.96. The lowest BCUT2D eigenvalue weighted by atomic mass is 10.2. The van der Waals surface area contributed by atoms with Gasteiger partial charge >= 0.3 is 0 Å². The highest BCUT2D eigenvalue weighted by Crippen LogP contribution is 2.13. The zero-order chi connectivity index (χ0) is 15.0. The number of aliphatic hydroxyl groups is 2. The van der Waals surface area contributed by atoms with Crippen LogP contribution in [0, 0.1) is 0 Å². The number of nitrogens with one attached hydrogen (secondary N) is 1. The molecule has 0 spiro atoms. The van der Waals surface area contributed by atoms with Crippen molar-refractivity contribution >= 4 is 11.6 Å². The number of hydrogen-bond donors (Lipinski definition) is 4. The molecule has 2 aromatic carbocycles. The molecule has 5 nitrogen and oxygen atoms in total. The molecule has 0 aromatic heterocycles. The lowest BCUT2D eigenvalue weighted by Crippen LogP contribution is -2.04. The monoisotopic (exact) mass is 275 g/mol. The third-order valence-electron chi connectivity index (χ3n) is 2.29. The number of benzene rings is 2. The maximum atomic E-state index is 10.5. The van der Waals surface area contributed by atoms with Crippen molar-refractivity contribution in [2.45, 2.75) is 13.2 Å². The number of hydrogen-bond acceptors (Lipinski definition) is 4. The van der Waals surface area contributed by atoms with Crippen molar-refractivity contribution < 1.29 is 20.1 Å². The Labute approximate surface area is 117 Å². The minimum Gasteiger partial charge on any atom is -0.508 e. The molecule has 0 aliphatic carbocycles. The minimum atomic E-state index is -1.34. The number of anilines is 1. The van der Waals surface area contributed by atoms with Crippen LogP contribution in [0.1, 0.15) is 18.8 Å². The highest BCUT2D eigenvalue weighted by atomic mass is 16.5. The number of aliphatic hydroxyl groups excluding tert-OH is 1. The molecule has 5 heteroatoms. The Morgan fingerprint density at radius 2 is 1.55 bits per heavy atom. The zero-order valence-electron chi connectivity index (χ0n) is 11.0. The van der Waals surface area contributed by atoms with Gasteiger partial charge in [-0.2, -0.15) is 0 Å². The van der Waals surface area contributed by atoms with Crippen LogP contribution in [-0.4, -0.2) is 21.2 Å². The molecule has 1 amide bonds. The summed E-state index contributed by atoms with van der Waals surface area (Å²) in [7, 11) is 0. The van der Waals surface area contributed by atoms with Gasteiger partial charge in [-0.3, -0.25) is 4.79 Å². The summed E-state index contributed by atoms with van der Waals surface area (Å²) in [5.41, 5.74) is 1.22. The van der Waals surface area contributed by atoms with Gasteiger partial charge < -0.3 is 20.6 Å². The van der Waals surface area contributed by atoms with Gasteiger partial charge in [-0.15, -0.1) is 0 Å². The van der Waals surface area contributed by atoms with Crippen LogP contribution in [0.25, 0.3) is 0 Å². The molecule has 0 fully saturated rings. The summed E-state index contributed by atoms with van der Waals surface area (Å²) < 4.78 is 0. The van der Waals surface area contributed by atoms with E-state index >= 15 is 0 Å². The highest BCUT2D eigenvalue weighted by molar-refractivity contribution is 5.88. The van der Waals surface area contributed by atoms with E-state index in [4.69, 9.17) is 15.3 Å². The van der Waals surface area contributed by atoms with Crippen LogP contribution in [0.5, 0.6) is 5.75 Å². The van der Waals surface area contributed by atoms with Crippen LogP contribution in [0.3, 0.4) is 0 Å². The summed E-state index contributed by atoms with van der Waals surface area (Å²) in [5.74, 6) is 0.0785. The molecule has 0 aliphatic rings. The Morgan fingerprint density at radius 1 is 1.00 bits per heavy atom. The molecule has 2 rings (SSSR count). The molecule has 0 bridgehead atoms. The number of amides is 1. The SMILES string of the molecule is CC(=O)Nc1ccc(O)cc1.OC(O)c1ccccc1. The predicted octanol–water partition coefficient (Wildman–Crippen LogP) is 2.02. The van der Waals surface area contributed by atoms with Gasteiger partial charge in [0.15, 0.2) is 6.29 Å². The number of phenolic OH excluding ortho intramolecular Hbond substituents is 1. The quantitative estimate of drug-likeness (QED) is 0.498. The van der Waals surface area contributed by atoms with E-state index in [0.29, 0.717) is 11.3 Å². The molecular formula is C15H17NO4. The van der Waals surface area contributed by atoms with Gasteiger partial charge in [-0.05, 0) is 24.3 Å². The number of carbonyl (C=O) groups excluding carboxylic acids is 1. The van der Waals surface area contributed by atoms with Crippen LogP contribution < -0.4 is 5.32 Å². The summed E-state index contributed by atoms with van der Waals surface area (Å²) in [6.07, 6.45) is -1.34. The fraction of sp³-hybridized carbons (Fsp3) is 0.133. The van der Waals surface area contributed by atoms with E-state index < -0.39 is 6.29 Å². The molecule has 0 aliphatic heterocycles. The normalized spacial score (nSPS) is 9.60. The van der Waals surface area contributed by atoms with E-state index in [2.05, 4.69) is 5.32 Å². The third-order valence-corrected chi connectivity index (χ3v) is 2.29. The van der Waals surface area contributed by atoms with Crippen molar-refractivity contribution in [2.24, 2.45) is 0 Å². The number of phenols is 1. The van der Waals surface area contributed by atoms with Gasteiger partial charge in [0.05, 0.1) is 0 Å². The molecule has 4 N–H and O–H groups in total. The first-order valence-corrected chi connectivity index (χ1v) is 5.96. The Morgan fingerprint density at radius 3 is 1.95 bits per heavy atom. The largest absolute Gasteiger partial charge is 0.508 e. The van der Waals surface area contributed by atoms with Crippen LogP contribution in [0.4, 0.5) is 5.69 Å². The van der Waals surface area contributed by atoms with Gasteiger partial charge in [0.25, 0.3) is 0 Å². The number of aromatic hydroxyl groups is 1. The smallest absolute Gasteiger partial charge is 0.221 e. The fourth-order valence-corrected chi connectivity index (χ4v) is 1.37. The summed E-state index contributed by atoms with van der Waals surface area (Å²) in [5, 5.41) is 28.6. The van der Waals surface area contributed by atoms with E-state index in [-0.39, 0.29) is 11.7 Å². The Kier molecular flexibility index (Phi) is 6.22. The van der Waals surface area contributed by atoms with Crippen molar-refractivity contribution in [3.8, 4) is 5.75 Å². The van der Waals surface area contributed by atoms with Crippen molar-refractivity contribution in [3.05, 3.63) is 60.2 Å². The standard InChI is InChI=1S/C8H9NO2.C7H8O2/c1-6(10)9-7-2-4-8(11)5-3-7;8-7(9)6-4-2-1-3-5-6/h2-5,11H,1H3,(H,9,10);1-5,7-9H. The van der Waals surface area contributed by atoms with E-state index in [9.17, 15) is 4.79 Å². The van der Waals surface area contributed by atoms with Crippen LogP contribution in [0.15, 0.2) is 54.6 Å². The van der Waals surface area contributed by atoms with E-state index in [1.807, 2.05) is 6.07 Å². The van der Waals surface area contributed by atoms with Gasteiger partial charge in [0, 0.05) is 18.2 Å². The van der Waals surface area contributed by atoms with E-state index in [0.717, 1.165) is 0 Å². The molecule has 106 valence electrons. The summed E-state index contributed by atoms with van der Waals surface area (Å²) >= 11 is 0. The Bertz CT molecular complexity index is 523. The molecule has 0 saturated heterocycles. The molecular weight excluding hydrogens is 258 g/mol. The van der Waals surface area contributed by atoms with Crippen molar-refractivity contribution in [2.75, 3.05) is 5.32 Å². The maximum absolute atomic E-state index is 10.5. The summed E-state index contributed by atoms with van der Waals surface area (Å²) in [4.78, 5) is 10.5. The van der Waals surface area contributed by atoms with E-state index in [1.165, 1.54) is 19.1 Å². The Balaban J connectivity index is 0.000000204. The number of rotatable bonds is 2. The van der Waals surface area contributed by atoms with Gasteiger partial charge in [0.2, 0.25) is 5.91 Å². The topological polar surface area (TPSA) is 89.8 Å². The van der Waals surface area contributed by atoms with Crippen molar-refractivity contribution in [1.29, 1.82) is 0 Å². The van der Waals surface area contributed by atoms with Gasteiger partial charge in [0.1, 0.15) is 5.75 Å². The van der Waals surface area contributed by atoms with Crippen LogP contribution in [0.2, 0.25) is 0 Å². The second-order valence-electron chi connectivity index (χ2n) is 4.01. The third kappa shape index (κ3) is 5.99. The number of carbonyl (C=O) groups is 1. The van der Waals surface area contributed by atoms with Crippen LogP contribution in [-0.2, 0) is 4.79 Å². The average molecular weight is 275 g/mol. The second-order valence-corrected chi connectivity index (χ2v) is 4.01. The van der Waals surface area contributed by atoms with Gasteiger partial charge in [-0.1, -0.05) is 30.3 Å². The molecule has 0 saturated carbocycles. The Hall–Kier alpha value is -2.37. The fourth-order valence-electron chi connectivity index (χ4n) is 1.37. The summed E-state index contributed by atoms with van der Waals surface area (Å²) in [6.45, 7) is 1.44. The minimum absolute atomic E-state index is 0.115. The molecule has 0 atom stereocenters. The molecule has 0 radical (unpaired) electrons. The van der Waals surface area contributed by atoms with E-state index in [1.54, 1.807) is 36.4 Å². The predicted molar refractivity (Wildman–Crippen MR) is 76.0 cm³/mol. The first-order chi connectivity index (χ1) is 9.49. The lowest BCUT2D eigenvalue weighted by molar-refractivity contribution is -0.114. The molecule has 2 aromatic rings. The molecule has 20 heavy (non-hydrogen) atoms. The van der Waals surface area contributed by atoms with Crippen molar-refractivity contribution in [3.63, 3.8) is 0 Å². The van der Waals surface area contributed by atoms with Crippen LogP contribution >= 0.6 is 0 Å². The molecule has 0 heterocycles. The first kappa shape index (κ1) is 15.7. The average Bonchev–Trinajstić information content (AvgIpc) is 2.43. The molecule has 0 unspecified atom stereocenters. The van der Waals surface area contributed by atoms with Gasteiger partial charge in [-0.25, -0.2) is 0 Å². The zero-order valence-corrected chi connectivity index (χ0v) is 11.0. The van der Waals surface area contributed by atoms with Crippen molar-refractivity contribution in [1.82, 2.24) is 0 Å². The maximum Gasteiger partial charge on any atom is 0.221 e.